The summed E-state index contributed by atoms with van der Waals surface area (Å²) in [6.07, 6.45) is 0. The van der Waals surface area contributed by atoms with E-state index in [1.807, 2.05) is 0 Å². The molecule has 6 nitrogen and oxygen atoms in total. The molecule has 8 heteroatoms. The number of rotatable bonds is 1. The Kier molecular flexibility index (Phi) is 6.67. The molecule has 0 heterocycles. The van der Waals surface area contributed by atoms with Crippen molar-refractivity contribution in [3.05, 3.63) is 0 Å². The highest BCUT2D eigenvalue weighted by Gasteiger charge is 1.84. The van der Waals surface area contributed by atoms with Gasteiger partial charge in [-0.2, -0.15) is 8.42 Å². The molecule has 0 saturated carbocycles. The predicted molar refractivity (Wildman–Crippen MR) is 32.5 cm³/mol. The maximum Gasteiger partial charge on any atom is 0.394 e. The van der Waals surface area contributed by atoms with Gasteiger partial charge in [0.1, 0.15) is 5.88 Å². The van der Waals surface area contributed by atoms with Gasteiger partial charge in [-0.1, -0.05) is 0 Å². The standard InChI is InChI=1S/C2H3ClO2.H2O4S/c3-1-2(4)5;1-5(2,3)4/h1H2,(H,4,5);(H2,1,2,3,4). The number of carbonyl (C=O) groups is 1. The number of hydrogen-bond acceptors (Lipinski definition) is 3. The minimum Gasteiger partial charge on any atom is -0.480 e. The average Bonchev–Trinajstić information content (AvgIpc) is 1.61. The summed E-state index contributed by atoms with van der Waals surface area (Å²) in [5, 5.41) is 7.59. The first-order valence-electron chi connectivity index (χ1n) is 1.75. The monoisotopic (exact) mass is 192 g/mol. The third kappa shape index (κ3) is 126. The summed E-state index contributed by atoms with van der Waals surface area (Å²) < 4.78 is 31.6. The van der Waals surface area contributed by atoms with Gasteiger partial charge in [-0.05, 0) is 0 Å². The zero-order chi connectivity index (χ0) is 8.78. The lowest BCUT2D eigenvalue weighted by molar-refractivity contribution is -0.134. The largest absolute Gasteiger partial charge is 0.480 e. The average molecular weight is 193 g/mol. The first-order chi connectivity index (χ1) is 4.27. The summed E-state index contributed by atoms with van der Waals surface area (Å²) >= 11 is 4.74. The molecule has 0 unspecified atom stereocenters. The highest BCUT2D eigenvalue weighted by Crippen LogP contribution is 1.67. The van der Waals surface area contributed by atoms with Crippen LogP contribution in [0.4, 0.5) is 0 Å². The van der Waals surface area contributed by atoms with E-state index in [1.165, 1.54) is 0 Å². The SMILES string of the molecule is O=C(O)CCl.O=S(=O)(O)O. The summed E-state index contributed by atoms with van der Waals surface area (Å²) in [4.78, 5) is 9.24. The Bertz CT molecular complexity index is 174. The number of hydrogen-bond donors (Lipinski definition) is 3. The van der Waals surface area contributed by atoms with Crippen LogP contribution in [-0.2, 0) is 15.2 Å². The van der Waals surface area contributed by atoms with Crippen LogP contribution in [0, 0.1) is 0 Å². The van der Waals surface area contributed by atoms with Crippen molar-refractivity contribution < 1.29 is 27.4 Å². The molecule has 0 radical (unpaired) electrons. The number of halogens is 1. The van der Waals surface area contributed by atoms with Crippen LogP contribution in [0.5, 0.6) is 0 Å². The van der Waals surface area contributed by atoms with Gasteiger partial charge in [-0.25, -0.2) is 0 Å². The molecule has 0 aliphatic rings. The molecular weight excluding hydrogens is 188 g/mol. The van der Waals surface area contributed by atoms with Gasteiger partial charge in [0.2, 0.25) is 0 Å². The fraction of sp³-hybridized carbons (Fsp3) is 0.500. The summed E-state index contributed by atoms with van der Waals surface area (Å²) in [5.41, 5.74) is 0. The van der Waals surface area contributed by atoms with E-state index in [9.17, 15) is 4.79 Å². The van der Waals surface area contributed by atoms with Gasteiger partial charge in [0.05, 0.1) is 0 Å². The zero-order valence-electron chi connectivity index (χ0n) is 4.56. The van der Waals surface area contributed by atoms with Crippen LogP contribution in [0.3, 0.4) is 0 Å². The molecule has 3 N–H and O–H groups in total. The molecule has 0 fully saturated rings. The minimum absolute atomic E-state index is 0.306. The smallest absolute Gasteiger partial charge is 0.394 e. The molecule has 0 aromatic rings. The predicted octanol–water partition coefficient (Wildman–Crippen LogP) is -0.343. The number of carboxylic acids is 1. The summed E-state index contributed by atoms with van der Waals surface area (Å²) in [5.74, 6) is -1.29. The van der Waals surface area contributed by atoms with E-state index in [0.717, 1.165) is 0 Å². The van der Waals surface area contributed by atoms with Crippen LogP contribution in [0.25, 0.3) is 0 Å². The molecule has 0 bridgehead atoms. The number of alkyl halides is 1. The van der Waals surface area contributed by atoms with Gasteiger partial charge < -0.3 is 5.11 Å². The fourth-order valence-corrected chi connectivity index (χ4v) is 0. The first-order valence-corrected chi connectivity index (χ1v) is 3.68. The van der Waals surface area contributed by atoms with Crippen LogP contribution in [0.15, 0.2) is 0 Å². The summed E-state index contributed by atoms with van der Waals surface area (Å²) in [6, 6.07) is 0. The maximum absolute atomic E-state index is 9.24. The second kappa shape index (κ2) is 5.42. The normalized spacial score (nSPS) is 9.50. The van der Waals surface area contributed by atoms with Gasteiger partial charge in [0.25, 0.3) is 0 Å². The van der Waals surface area contributed by atoms with Gasteiger partial charge in [0, 0.05) is 0 Å². The molecule has 62 valence electrons. The van der Waals surface area contributed by atoms with Crippen molar-refractivity contribution in [2.75, 3.05) is 5.88 Å². The first kappa shape index (κ1) is 12.3. The summed E-state index contributed by atoms with van der Waals surface area (Å²) in [6.45, 7) is 0. The second-order valence-corrected chi connectivity index (χ2v) is 2.14. The highest BCUT2D eigenvalue weighted by molar-refractivity contribution is 7.79. The van der Waals surface area contributed by atoms with E-state index < -0.39 is 16.4 Å². The van der Waals surface area contributed by atoms with E-state index in [-0.39, 0.29) is 5.88 Å². The Morgan fingerprint density at radius 3 is 1.50 bits per heavy atom. The van der Waals surface area contributed by atoms with E-state index >= 15 is 0 Å². The fourth-order valence-electron chi connectivity index (χ4n) is 0. The Morgan fingerprint density at radius 2 is 1.50 bits per heavy atom. The van der Waals surface area contributed by atoms with E-state index in [0.29, 0.717) is 0 Å². The summed E-state index contributed by atoms with van der Waals surface area (Å²) in [7, 11) is -4.67. The molecule has 0 atom stereocenters. The van der Waals surface area contributed by atoms with Crippen LogP contribution in [0.2, 0.25) is 0 Å². The quantitative estimate of drug-likeness (QED) is 0.387. The van der Waals surface area contributed by atoms with Crippen LogP contribution < -0.4 is 0 Å². The van der Waals surface area contributed by atoms with Gasteiger partial charge in [-0.15, -0.1) is 11.6 Å². The molecule has 0 amide bonds. The number of aliphatic carboxylic acids is 1. The second-order valence-electron chi connectivity index (χ2n) is 0.975. The van der Waals surface area contributed by atoms with E-state index in [4.69, 9.17) is 34.2 Å². The van der Waals surface area contributed by atoms with Crippen molar-refractivity contribution in [2.24, 2.45) is 0 Å². The van der Waals surface area contributed by atoms with Crippen LogP contribution in [0.1, 0.15) is 0 Å². The molecule has 0 aliphatic carbocycles. The van der Waals surface area contributed by atoms with Crippen molar-refractivity contribution in [3.8, 4) is 0 Å². The van der Waals surface area contributed by atoms with Crippen molar-refractivity contribution in [3.63, 3.8) is 0 Å². The Hall–Kier alpha value is -0.370. The Balaban J connectivity index is 0. The third-order valence-electron chi connectivity index (χ3n) is 0.114. The molecule has 0 spiro atoms. The van der Waals surface area contributed by atoms with Crippen molar-refractivity contribution in [1.82, 2.24) is 0 Å². The zero-order valence-corrected chi connectivity index (χ0v) is 6.13. The molecule has 0 aliphatic heterocycles. The van der Waals surface area contributed by atoms with Crippen LogP contribution >= 0.6 is 11.6 Å². The van der Waals surface area contributed by atoms with Gasteiger partial charge in [-0.3, -0.25) is 13.9 Å². The third-order valence-corrected chi connectivity index (χ3v) is 0.343. The molecule has 0 rings (SSSR count). The topological polar surface area (TPSA) is 112 Å². The van der Waals surface area contributed by atoms with E-state index in [1.54, 1.807) is 0 Å². The van der Waals surface area contributed by atoms with E-state index in [2.05, 4.69) is 0 Å². The lowest BCUT2D eigenvalue weighted by atomic mass is 10.8. The minimum atomic E-state index is -4.67. The lowest BCUT2D eigenvalue weighted by Crippen LogP contribution is -1.92. The van der Waals surface area contributed by atoms with Gasteiger partial charge in [0.15, 0.2) is 0 Å². The lowest BCUT2D eigenvalue weighted by Gasteiger charge is -1.69. The van der Waals surface area contributed by atoms with Crippen molar-refractivity contribution >= 4 is 28.0 Å². The Labute approximate surface area is 62.0 Å². The Morgan fingerprint density at radius 1 is 1.40 bits per heavy atom. The molecular formula is C2H5ClO6S. The van der Waals surface area contributed by atoms with Crippen molar-refractivity contribution in [1.29, 1.82) is 0 Å². The maximum atomic E-state index is 9.24. The van der Waals surface area contributed by atoms with Gasteiger partial charge >= 0.3 is 16.4 Å². The number of carboxylic acid groups (broad SMARTS) is 1. The molecule has 10 heavy (non-hydrogen) atoms. The molecule has 0 aromatic carbocycles. The molecule has 0 saturated heterocycles. The van der Waals surface area contributed by atoms with Crippen LogP contribution in [-0.4, -0.2) is 34.5 Å². The van der Waals surface area contributed by atoms with Crippen molar-refractivity contribution in [2.45, 2.75) is 0 Å². The molecule has 0 aromatic heterocycles. The highest BCUT2D eigenvalue weighted by atomic mass is 35.5.